The molecule has 0 saturated carbocycles. The van der Waals surface area contributed by atoms with E-state index in [4.69, 9.17) is 6.42 Å². The maximum absolute atomic E-state index is 5.51. The largest absolute Gasteiger partial charge is 0.114 e. The average molecular weight is 405 g/mol. The first kappa shape index (κ1) is 19.2. The minimum Gasteiger partial charge on any atom is -0.114 e. The summed E-state index contributed by atoms with van der Waals surface area (Å²) in [5.74, 6) is 2.75. The van der Waals surface area contributed by atoms with Crippen molar-refractivity contribution in [1.82, 2.24) is 0 Å². The van der Waals surface area contributed by atoms with Crippen molar-refractivity contribution in [3.63, 3.8) is 0 Å². The fraction of sp³-hybridized carbons (Fsp3) is 0.500. The monoisotopic (exact) mass is 404 g/mol. The summed E-state index contributed by atoms with van der Waals surface area (Å²) >= 11 is 11.5. The van der Waals surface area contributed by atoms with Crippen LogP contribution < -0.4 is 0 Å². The minimum absolute atomic E-state index is 0.670. The third-order valence-corrected chi connectivity index (χ3v) is 11.9. The van der Waals surface area contributed by atoms with E-state index in [-0.39, 0.29) is 0 Å². The molecule has 0 fully saturated rings. The van der Waals surface area contributed by atoms with Crippen molar-refractivity contribution < 1.29 is 0 Å². The van der Waals surface area contributed by atoms with Crippen molar-refractivity contribution in [2.24, 2.45) is 0 Å². The van der Waals surface area contributed by atoms with Gasteiger partial charge >= 0.3 is 0 Å². The van der Waals surface area contributed by atoms with Crippen molar-refractivity contribution in [2.75, 3.05) is 0 Å². The normalized spacial score (nSPS) is 21.1. The Balaban J connectivity index is 2.13. The van der Waals surface area contributed by atoms with Crippen molar-refractivity contribution in [3.05, 3.63) is 27.3 Å². The van der Waals surface area contributed by atoms with Crippen molar-refractivity contribution in [3.8, 4) is 12.3 Å². The van der Waals surface area contributed by atoms with Crippen LogP contribution in [0.25, 0.3) is 0 Å². The molecule has 2 aliphatic rings. The Kier molecular flexibility index (Phi) is 8.19. The number of terminal acetylenes is 1. The summed E-state index contributed by atoms with van der Waals surface area (Å²) in [7, 11) is 0. The molecule has 0 aromatic carbocycles. The Labute approximate surface area is 160 Å². The Morgan fingerprint density at radius 3 is 1.95 bits per heavy atom. The van der Waals surface area contributed by atoms with Gasteiger partial charge in [-0.2, -0.15) is 0 Å². The fourth-order valence-corrected chi connectivity index (χ4v) is 10.0. The van der Waals surface area contributed by atoms with E-state index < -0.39 is 0 Å². The van der Waals surface area contributed by atoms with Crippen LogP contribution in [0.3, 0.4) is 0 Å². The second kappa shape index (κ2) is 9.39. The van der Waals surface area contributed by atoms with Gasteiger partial charge in [0, 0.05) is 10.5 Å². The summed E-state index contributed by atoms with van der Waals surface area (Å²) in [6.07, 6.45) is 7.92. The predicted octanol–water partition coefficient (Wildman–Crippen LogP) is 7.74. The molecule has 0 bridgehead atoms. The third kappa shape index (κ3) is 5.19. The molecule has 22 heavy (non-hydrogen) atoms. The van der Waals surface area contributed by atoms with Crippen LogP contribution in [0.5, 0.6) is 0 Å². The highest BCUT2D eigenvalue weighted by Crippen LogP contribution is 2.63. The van der Waals surface area contributed by atoms with Gasteiger partial charge in [0.1, 0.15) is 0 Å². The summed E-state index contributed by atoms with van der Waals surface area (Å²) in [5.41, 5.74) is 0. The van der Waals surface area contributed by atoms with Crippen LogP contribution in [0.2, 0.25) is 0 Å². The lowest BCUT2D eigenvalue weighted by atomic mass is 10.4. The van der Waals surface area contributed by atoms with Gasteiger partial charge in [-0.1, -0.05) is 80.7 Å². The number of rotatable bonds is 6. The van der Waals surface area contributed by atoms with E-state index in [1.165, 1.54) is 29.8 Å². The lowest BCUT2D eigenvalue weighted by molar-refractivity contribution is 0.909. The molecule has 0 radical (unpaired) electrons. The second-order valence-corrected chi connectivity index (χ2v) is 12.8. The summed E-state index contributed by atoms with van der Waals surface area (Å²) in [5, 5.41) is 3.43. The molecular formula is C16H20S6. The molecule has 2 aliphatic heterocycles. The minimum atomic E-state index is 0.670. The number of hydrogen-bond acceptors (Lipinski definition) is 6. The first-order valence-corrected chi connectivity index (χ1v) is 12.3. The maximum Gasteiger partial charge on any atom is 0.0717 e. The van der Waals surface area contributed by atoms with Gasteiger partial charge in [0.05, 0.1) is 21.9 Å². The van der Waals surface area contributed by atoms with Gasteiger partial charge in [0.2, 0.25) is 0 Å². The average Bonchev–Trinajstić information content (AvgIpc) is 3.14. The molecule has 0 spiro atoms. The molecule has 2 heterocycles. The van der Waals surface area contributed by atoms with E-state index >= 15 is 0 Å². The van der Waals surface area contributed by atoms with E-state index in [1.54, 1.807) is 23.5 Å². The molecule has 120 valence electrons. The molecule has 0 N–H and O–H groups in total. The van der Waals surface area contributed by atoms with E-state index in [0.29, 0.717) is 10.5 Å². The smallest absolute Gasteiger partial charge is 0.0717 e. The maximum atomic E-state index is 5.51. The molecule has 2 rings (SSSR count). The molecule has 2 unspecified atom stereocenters. The van der Waals surface area contributed by atoms with Gasteiger partial charge in [-0.3, -0.25) is 0 Å². The zero-order chi connectivity index (χ0) is 16.1. The second-order valence-electron chi connectivity index (χ2n) is 4.87. The van der Waals surface area contributed by atoms with Crippen molar-refractivity contribution in [2.45, 2.75) is 51.0 Å². The zero-order valence-corrected chi connectivity index (χ0v) is 18.1. The summed E-state index contributed by atoms with van der Waals surface area (Å²) in [4.78, 5) is 1.04. The number of thioether (sulfide) groups is 6. The first-order chi connectivity index (χ1) is 10.6. The summed E-state index contributed by atoms with van der Waals surface area (Å²) in [6.45, 7) is 9.16. The van der Waals surface area contributed by atoms with Gasteiger partial charge in [-0.25, -0.2) is 0 Å². The fourth-order valence-electron chi connectivity index (χ4n) is 1.44. The van der Waals surface area contributed by atoms with Gasteiger partial charge in [0.15, 0.2) is 0 Å². The van der Waals surface area contributed by atoms with Crippen LogP contribution in [-0.2, 0) is 0 Å². The zero-order valence-electron chi connectivity index (χ0n) is 13.2. The lowest BCUT2D eigenvalue weighted by Gasteiger charge is -2.12. The van der Waals surface area contributed by atoms with E-state index in [9.17, 15) is 0 Å². The predicted molar refractivity (Wildman–Crippen MR) is 116 cm³/mol. The molecule has 0 saturated heterocycles. The van der Waals surface area contributed by atoms with Gasteiger partial charge in [0.25, 0.3) is 0 Å². The summed E-state index contributed by atoms with van der Waals surface area (Å²) < 4.78 is 5.74. The Bertz CT molecular complexity index is 525. The highest BCUT2D eigenvalue weighted by atomic mass is 32.3. The van der Waals surface area contributed by atoms with Crippen molar-refractivity contribution in [1.29, 1.82) is 0 Å². The summed E-state index contributed by atoms with van der Waals surface area (Å²) in [6, 6.07) is 0. The Morgan fingerprint density at radius 2 is 1.55 bits per heavy atom. The van der Waals surface area contributed by atoms with Crippen LogP contribution in [0.1, 0.15) is 40.5 Å². The molecule has 0 aliphatic carbocycles. The Morgan fingerprint density at radius 1 is 1.00 bits per heavy atom. The number of hydrogen-bond donors (Lipinski definition) is 0. The molecule has 6 heteroatoms. The molecular weight excluding hydrogens is 385 g/mol. The highest BCUT2D eigenvalue weighted by Gasteiger charge is 2.28. The van der Waals surface area contributed by atoms with Crippen LogP contribution in [-0.4, -0.2) is 10.5 Å². The molecule has 0 nitrogen and oxygen atoms in total. The SMILES string of the molecule is C#CC1=CSC(=C2SC(SC(C)CC)=C(SC(C)CC)S2)S1. The highest BCUT2D eigenvalue weighted by molar-refractivity contribution is 8.42. The van der Waals surface area contributed by atoms with Crippen LogP contribution in [0, 0.1) is 12.3 Å². The van der Waals surface area contributed by atoms with E-state index in [2.05, 4.69) is 39.0 Å². The third-order valence-electron chi connectivity index (χ3n) is 3.09. The van der Waals surface area contributed by atoms with Gasteiger partial charge in [-0.15, -0.1) is 29.9 Å². The number of allylic oxidation sites excluding steroid dienone is 1. The van der Waals surface area contributed by atoms with Gasteiger partial charge in [-0.05, 0) is 18.2 Å². The molecule has 0 amide bonds. The Hall–Kier alpha value is 0.880. The van der Waals surface area contributed by atoms with Gasteiger partial charge < -0.3 is 0 Å². The van der Waals surface area contributed by atoms with E-state index in [0.717, 1.165) is 4.91 Å². The first-order valence-electron chi connectivity index (χ1n) is 7.26. The van der Waals surface area contributed by atoms with Crippen molar-refractivity contribution >= 4 is 70.6 Å². The molecule has 0 aromatic heterocycles. The van der Waals surface area contributed by atoms with Crippen LogP contribution in [0.15, 0.2) is 27.3 Å². The van der Waals surface area contributed by atoms with E-state index in [1.807, 2.05) is 47.0 Å². The topological polar surface area (TPSA) is 0 Å². The molecule has 2 atom stereocenters. The van der Waals surface area contributed by atoms with Crippen LogP contribution in [0.4, 0.5) is 0 Å². The standard InChI is InChI=1S/C16H20S6/c1-6-10(4)18-15-16(19-11(5)7-2)22-14(21-15)13-17-9-12(8-3)20-13/h3,9-11H,6-7H2,1-2,4-5H3. The van der Waals surface area contributed by atoms with Crippen LogP contribution >= 0.6 is 70.6 Å². The molecule has 0 aromatic rings. The lowest BCUT2D eigenvalue weighted by Crippen LogP contribution is -1.94. The quantitative estimate of drug-likeness (QED) is 0.412.